The molecule has 3 aliphatic rings. The summed E-state index contributed by atoms with van der Waals surface area (Å²) in [5.74, 6) is -0.736. The van der Waals surface area contributed by atoms with Gasteiger partial charge in [0.15, 0.2) is 24.8 Å². The Kier molecular flexibility index (Phi) is 8.85. The van der Waals surface area contributed by atoms with Crippen LogP contribution in [0.4, 0.5) is 0 Å². The quantitative estimate of drug-likeness (QED) is 0.0820. The average molecular weight is 494 g/mol. The standard InChI is InChI=1S/C14H24O15S2/c1-5-8(16)6(3-15)23-14(9(5)26-28-29-30-17)25-10-7-4-22-11(10)12(13(21-2)24-7)27-31(18,19)20/h5-17H,3-4H2,1-2H3,(H,18,19,20)/p-2/t5-,6?,7?,8+,9-,10-,11+,12?,13-,14?/m0/s1. The SMILES string of the molecule is CO[C@H]1OC2CO[C@@H](C1OS(=O)(=O)[O-])[C@H]2OC1OC(CO)[C@H](O)[C@H](C)[C@@H]1OOOS[O-]. The van der Waals surface area contributed by atoms with Crippen LogP contribution in [0.2, 0.25) is 0 Å². The number of ether oxygens (including phenoxy) is 5. The summed E-state index contributed by atoms with van der Waals surface area (Å²) < 4.78 is 79.9. The van der Waals surface area contributed by atoms with E-state index in [1.54, 1.807) is 6.92 Å². The van der Waals surface area contributed by atoms with Crippen LogP contribution in [0.25, 0.3) is 0 Å². The van der Waals surface area contributed by atoms with Crippen LogP contribution in [0, 0.1) is 5.92 Å². The molecular formula is C14H22O15S2-2. The predicted octanol–water partition coefficient (Wildman–Crippen LogP) is -2.27. The first-order chi connectivity index (χ1) is 14.7. The van der Waals surface area contributed by atoms with Crippen molar-refractivity contribution in [3.63, 3.8) is 0 Å². The molecule has 2 N–H and O–H groups in total. The van der Waals surface area contributed by atoms with Crippen LogP contribution in [-0.4, -0.2) is 103 Å². The summed E-state index contributed by atoms with van der Waals surface area (Å²) in [5, 5.41) is 24.1. The summed E-state index contributed by atoms with van der Waals surface area (Å²) >= 11 is -0.385. The van der Waals surface area contributed by atoms with Gasteiger partial charge in [-0.25, -0.2) is 8.42 Å². The van der Waals surface area contributed by atoms with Gasteiger partial charge in [-0.05, 0) is 0 Å². The minimum absolute atomic E-state index is 0.0414. The maximum absolute atomic E-state index is 11.1. The van der Waals surface area contributed by atoms with Crippen LogP contribution < -0.4 is 0 Å². The number of aliphatic hydroxyl groups is 2. The molecule has 3 fully saturated rings. The summed E-state index contributed by atoms with van der Waals surface area (Å²) in [4.78, 5) is 4.98. The highest BCUT2D eigenvalue weighted by Crippen LogP contribution is 2.38. The molecule has 3 saturated heterocycles. The van der Waals surface area contributed by atoms with Crippen molar-refractivity contribution in [1.29, 1.82) is 0 Å². The monoisotopic (exact) mass is 494 g/mol. The van der Waals surface area contributed by atoms with Crippen molar-refractivity contribution in [3.8, 4) is 0 Å². The zero-order chi connectivity index (χ0) is 22.8. The molecule has 17 heteroatoms. The lowest BCUT2D eigenvalue weighted by molar-refractivity contribution is -0.509. The minimum Gasteiger partial charge on any atom is -0.774 e. The first-order valence-corrected chi connectivity index (χ1v) is 11.0. The maximum atomic E-state index is 11.1. The number of aliphatic hydroxyl groups excluding tert-OH is 2. The largest absolute Gasteiger partial charge is 0.774 e. The van der Waals surface area contributed by atoms with Gasteiger partial charge in [-0.15, -0.1) is 4.33 Å². The summed E-state index contributed by atoms with van der Waals surface area (Å²) in [6.07, 6.45) is -10.3. The number of methoxy groups -OCH3 is 1. The fraction of sp³-hybridized carbons (Fsp3) is 1.00. The number of fused-ring (bicyclic) bond motifs is 2. The second-order valence-electron chi connectivity index (χ2n) is 6.99. The molecule has 0 aromatic heterocycles. The summed E-state index contributed by atoms with van der Waals surface area (Å²) in [5.41, 5.74) is 0. The van der Waals surface area contributed by atoms with Crippen LogP contribution in [0.1, 0.15) is 6.92 Å². The van der Waals surface area contributed by atoms with Crippen molar-refractivity contribution in [1.82, 2.24) is 0 Å². The molecule has 0 radical (unpaired) electrons. The number of rotatable bonds is 10. The Bertz CT molecular complexity index is 679. The van der Waals surface area contributed by atoms with Crippen molar-refractivity contribution in [2.24, 2.45) is 5.92 Å². The molecular weight excluding hydrogens is 472 g/mol. The van der Waals surface area contributed by atoms with E-state index in [9.17, 15) is 27.7 Å². The Morgan fingerprint density at radius 2 is 1.94 bits per heavy atom. The highest BCUT2D eigenvalue weighted by Gasteiger charge is 2.56. The second-order valence-corrected chi connectivity index (χ2v) is 8.27. The Hall–Kier alpha value is -0.220. The lowest BCUT2D eigenvalue weighted by Crippen LogP contribution is -2.61. The smallest absolute Gasteiger partial charge is 0.218 e. The average Bonchev–Trinajstić information content (AvgIpc) is 3.01. The predicted molar refractivity (Wildman–Crippen MR) is 91.2 cm³/mol. The van der Waals surface area contributed by atoms with Gasteiger partial charge in [0.05, 0.1) is 19.3 Å². The Labute approximate surface area is 181 Å². The Morgan fingerprint density at radius 1 is 1.19 bits per heavy atom. The molecule has 0 amide bonds. The van der Waals surface area contributed by atoms with Crippen molar-refractivity contribution < 1.29 is 69.9 Å². The van der Waals surface area contributed by atoms with Crippen molar-refractivity contribution in [2.75, 3.05) is 20.3 Å². The van der Waals surface area contributed by atoms with Crippen LogP contribution in [-0.2, 0) is 52.5 Å². The maximum Gasteiger partial charge on any atom is 0.218 e. The lowest BCUT2D eigenvalue weighted by Gasteiger charge is -2.45. The molecule has 3 aliphatic heterocycles. The van der Waals surface area contributed by atoms with Crippen LogP contribution in [0.5, 0.6) is 0 Å². The summed E-state index contributed by atoms with van der Waals surface area (Å²) in [6, 6.07) is 0. The van der Waals surface area contributed by atoms with Gasteiger partial charge in [-0.1, -0.05) is 24.3 Å². The molecule has 0 aromatic carbocycles. The first kappa shape index (κ1) is 25.4. The molecule has 0 aromatic rings. The topological polar surface area (TPSA) is 204 Å². The number of hydrogen-bond acceptors (Lipinski definition) is 16. The molecule has 0 spiro atoms. The van der Waals surface area contributed by atoms with E-state index in [1.165, 1.54) is 7.11 Å². The third-order valence-electron chi connectivity index (χ3n) is 5.20. The van der Waals surface area contributed by atoms with Crippen LogP contribution >= 0.6 is 12.3 Å². The van der Waals surface area contributed by atoms with Crippen molar-refractivity contribution in [2.45, 2.75) is 62.2 Å². The molecule has 31 heavy (non-hydrogen) atoms. The normalized spacial score (nSPS) is 43.3. The third kappa shape index (κ3) is 5.83. The van der Waals surface area contributed by atoms with Gasteiger partial charge in [-0.3, -0.25) is 4.18 Å². The van der Waals surface area contributed by atoms with Crippen LogP contribution in [0.3, 0.4) is 0 Å². The van der Waals surface area contributed by atoms with E-state index in [2.05, 4.69) is 13.6 Å². The molecule has 4 unspecified atom stereocenters. The second kappa shape index (κ2) is 10.8. The molecule has 3 rings (SSSR count). The highest BCUT2D eigenvalue weighted by molar-refractivity contribution is 7.88. The van der Waals surface area contributed by atoms with E-state index in [4.69, 9.17) is 28.6 Å². The highest BCUT2D eigenvalue weighted by atomic mass is 32.3. The lowest BCUT2D eigenvalue weighted by atomic mass is 9.90. The van der Waals surface area contributed by atoms with Gasteiger partial charge in [0.25, 0.3) is 0 Å². The van der Waals surface area contributed by atoms with Crippen molar-refractivity contribution in [3.05, 3.63) is 0 Å². The number of hydrogen-bond donors (Lipinski definition) is 2. The zero-order valence-electron chi connectivity index (χ0n) is 16.2. The van der Waals surface area contributed by atoms with Gasteiger partial charge >= 0.3 is 0 Å². The van der Waals surface area contributed by atoms with E-state index >= 15 is 0 Å². The van der Waals surface area contributed by atoms with E-state index in [1.807, 2.05) is 0 Å². The van der Waals surface area contributed by atoms with Gasteiger partial charge in [0, 0.05) is 13.0 Å². The molecule has 0 aliphatic carbocycles. The van der Waals surface area contributed by atoms with Gasteiger partial charge in [0.2, 0.25) is 10.4 Å². The van der Waals surface area contributed by atoms with Gasteiger partial charge in [-0.2, -0.15) is 4.89 Å². The molecule has 0 saturated carbocycles. The van der Waals surface area contributed by atoms with Gasteiger partial charge < -0.3 is 43.0 Å². The third-order valence-corrected chi connectivity index (χ3v) is 5.77. The van der Waals surface area contributed by atoms with E-state index in [-0.39, 0.29) is 18.9 Å². The molecule has 15 nitrogen and oxygen atoms in total. The molecule has 3 heterocycles. The van der Waals surface area contributed by atoms with Crippen LogP contribution in [0.15, 0.2) is 0 Å². The molecule has 182 valence electrons. The molecule has 10 atom stereocenters. The Balaban J connectivity index is 1.78. The van der Waals surface area contributed by atoms with Gasteiger partial charge in [0.1, 0.15) is 24.4 Å². The fourth-order valence-electron chi connectivity index (χ4n) is 3.73. The molecule has 2 bridgehead atoms. The summed E-state index contributed by atoms with van der Waals surface area (Å²) in [6.45, 7) is 0.951. The minimum atomic E-state index is -5.14. The van der Waals surface area contributed by atoms with E-state index in [0.29, 0.717) is 0 Å². The van der Waals surface area contributed by atoms with E-state index < -0.39 is 78.2 Å². The first-order valence-electron chi connectivity index (χ1n) is 9.02. The van der Waals surface area contributed by atoms with Crippen molar-refractivity contribution >= 4 is 22.7 Å². The summed E-state index contributed by atoms with van der Waals surface area (Å²) in [7, 11) is -3.91. The Morgan fingerprint density at radius 3 is 2.55 bits per heavy atom. The van der Waals surface area contributed by atoms with E-state index in [0.717, 1.165) is 0 Å². The fourth-order valence-corrected chi connectivity index (χ4v) is 4.26. The zero-order valence-corrected chi connectivity index (χ0v) is 17.8.